The van der Waals surface area contributed by atoms with Crippen LogP contribution in [0.15, 0.2) is 102 Å². The van der Waals surface area contributed by atoms with Crippen LogP contribution in [0.3, 0.4) is 0 Å². The van der Waals surface area contributed by atoms with E-state index < -0.39 is 27.6 Å². The number of carbonyl (C=O) groups excluding carboxylic acids is 1. The summed E-state index contributed by atoms with van der Waals surface area (Å²) >= 11 is 0. The first-order valence-corrected chi connectivity index (χ1v) is 14.0. The minimum atomic E-state index is -4.44. The lowest BCUT2D eigenvalue weighted by Gasteiger charge is -2.10. The van der Waals surface area contributed by atoms with Gasteiger partial charge in [0.1, 0.15) is 5.65 Å². The van der Waals surface area contributed by atoms with Crippen LogP contribution in [0.25, 0.3) is 28.0 Å². The van der Waals surface area contributed by atoms with Crippen LogP contribution in [0.5, 0.6) is 0 Å². The largest absolute Gasteiger partial charge is 0.416 e. The van der Waals surface area contributed by atoms with Gasteiger partial charge in [0.05, 0.1) is 22.3 Å². The van der Waals surface area contributed by atoms with E-state index in [9.17, 15) is 26.4 Å². The molecule has 0 aliphatic rings. The lowest BCUT2D eigenvalue weighted by molar-refractivity contribution is -0.137. The Kier molecular flexibility index (Phi) is 7.07. The minimum Gasteiger partial charge on any atom is -0.334 e. The molecule has 0 saturated carbocycles. The van der Waals surface area contributed by atoms with Gasteiger partial charge in [-0.1, -0.05) is 36.4 Å². The van der Waals surface area contributed by atoms with E-state index in [1.165, 1.54) is 18.4 Å². The summed E-state index contributed by atoms with van der Waals surface area (Å²) in [4.78, 5) is 17.0. The minimum absolute atomic E-state index is 0.224. The zero-order valence-corrected chi connectivity index (χ0v) is 21.9. The Bertz CT molecular complexity index is 1780. The van der Waals surface area contributed by atoms with Gasteiger partial charge in [0, 0.05) is 30.2 Å². The molecular formula is C29H23F3N4O3S. The van der Waals surface area contributed by atoms with Crippen molar-refractivity contribution in [2.24, 2.45) is 0 Å². The van der Waals surface area contributed by atoms with Gasteiger partial charge in [-0.3, -0.25) is 4.40 Å². The highest BCUT2D eigenvalue weighted by atomic mass is 32.2. The number of alkyl halides is 3. The van der Waals surface area contributed by atoms with Gasteiger partial charge in [0.25, 0.3) is 0 Å². The number of hydrogen-bond acceptors (Lipinski definition) is 4. The third kappa shape index (κ3) is 5.99. The molecule has 0 saturated heterocycles. The zero-order chi connectivity index (χ0) is 28.5. The number of fused-ring (bicyclic) bond motifs is 1. The molecule has 7 nitrogen and oxygen atoms in total. The van der Waals surface area contributed by atoms with E-state index in [-0.39, 0.29) is 17.1 Å². The Morgan fingerprint density at radius 2 is 1.52 bits per heavy atom. The highest BCUT2D eigenvalue weighted by molar-refractivity contribution is 7.90. The predicted octanol–water partition coefficient (Wildman–Crippen LogP) is 6.41. The molecule has 0 aliphatic carbocycles. The first-order valence-electron chi connectivity index (χ1n) is 12.1. The number of urea groups is 1. The number of amides is 2. The molecule has 40 heavy (non-hydrogen) atoms. The number of sulfone groups is 1. The Morgan fingerprint density at radius 3 is 2.15 bits per heavy atom. The number of nitrogens with zero attached hydrogens (tertiary/aromatic N) is 2. The standard InChI is InChI=1S/C29H23F3N4O3S/c1-40(38,39)25-12-6-20(7-13-25)22-14-15-36-26(18-33-27(36)16-22)21-4-2-19(3-5-21)17-34-28(37)35-24-10-8-23(9-11-24)29(30,31)32/h2-16,18H,17H2,1H3,(H2,34,35,37). The first kappa shape index (κ1) is 26.9. The van der Waals surface area contributed by atoms with E-state index in [2.05, 4.69) is 15.6 Å². The van der Waals surface area contributed by atoms with Gasteiger partial charge >= 0.3 is 12.2 Å². The molecular weight excluding hydrogens is 541 g/mol. The molecule has 0 fully saturated rings. The van der Waals surface area contributed by atoms with Crippen molar-refractivity contribution in [2.75, 3.05) is 11.6 Å². The van der Waals surface area contributed by atoms with Crippen LogP contribution in [-0.2, 0) is 22.6 Å². The molecule has 5 rings (SSSR count). The summed E-state index contributed by atoms with van der Waals surface area (Å²) in [6, 6.07) is 21.8. The zero-order valence-electron chi connectivity index (χ0n) is 21.1. The molecule has 11 heteroatoms. The molecule has 2 heterocycles. The van der Waals surface area contributed by atoms with Crippen LogP contribution in [0.2, 0.25) is 0 Å². The summed E-state index contributed by atoms with van der Waals surface area (Å²) in [7, 11) is -3.27. The average molecular weight is 565 g/mol. The number of halogens is 3. The summed E-state index contributed by atoms with van der Waals surface area (Å²) in [6.07, 6.45) is 0.400. The van der Waals surface area contributed by atoms with Gasteiger partial charge in [0.2, 0.25) is 0 Å². The first-order chi connectivity index (χ1) is 19.0. The lowest BCUT2D eigenvalue weighted by Crippen LogP contribution is -2.28. The van der Waals surface area contributed by atoms with Gasteiger partial charge < -0.3 is 10.6 Å². The number of rotatable bonds is 6. The molecule has 0 aliphatic heterocycles. The average Bonchev–Trinajstić information content (AvgIpc) is 3.35. The topological polar surface area (TPSA) is 92.6 Å². The van der Waals surface area contributed by atoms with Crippen molar-refractivity contribution in [1.82, 2.24) is 14.7 Å². The van der Waals surface area contributed by atoms with E-state index in [0.717, 1.165) is 45.7 Å². The fourth-order valence-electron chi connectivity index (χ4n) is 4.16. The van der Waals surface area contributed by atoms with Crippen LogP contribution in [0.1, 0.15) is 11.1 Å². The fourth-order valence-corrected chi connectivity index (χ4v) is 4.79. The second-order valence-corrected chi connectivity index (χ2v) is 11.2. The second-order valence-electron chi connectivity index (χ2n) is 9.16. The number of anilines is 1. The van der Waals surface area contributed by atoms with Crippen LogP contribution in [0.4, 0.5) is 23.7 Å². The van der Waals surface area contributed by atoms with Crippen LogP contribution >= 0.6 is 0 Å². The number of pyridine rings is 1. The van der Waals surface area contributed by atoms with Gasteiger partial charge in [-0.05, 0) is 65.2 Å². The monoisotopic (exact) mass is 564 g/mol. The van der Waals surface area contributed by atoms with Gasteiger partial charge in [0.15, 0.2) is 9.84 Å². The molecule has 0 atom stereocenters. The van der Waals surface area contributed by atoms with Gasteiger partial charge in [-0.2, -0.15) is 13.2 Å². The van der Waals surface area contributed by atoms with E-state index in [4.69, 9.17) is 0 Å². The number of imidazole rings is 1. The highest BCUT2D eigenvalue weighted by Gasteiger charge is 2.30. The Morgan fingerprint density at radius 1 is 0.875 bits per heavy atom. The summed E-state index contributed by atoms with van der Waals surface area (Å²) in [5.41, 5.74) is 4.59. The lowest BCUT2D eigenvalue weighted by atomic mass is 10.1. The second kappa shape index (κ2) is 10.5. The maximum Gasteiger partial charge on any atom is 0.416 e. The molecule has 0 bridgehead atoms. The van der Waals surface area contributed by atoms with Crippen molar-refractivity contribution in [1.29, 1.82) is 0 Å². The molecule has 0 radical (unpaired) electrons. The number of carbonyl (C=O) groups is 1. The molecule has 2 amide bonds. The molecule has 0 spiro atoms. The van der Waals surface area contributed by atoms with E-state index >= 15 is 0 Å². The third-order valence-electron chi connectivity index (χ3n) is 6.30. The van der Waals surface area contributed by atoms with Crippen molar-refractivity contribution < 1.29 is 26.4 Å². The van der Waals surface area contributed by atoms with Gasteiger partial charge in [-0.25, -0.2) is 18.2 Å². The normalized spacial score (nSPS) is 11.9. The van der Waals surface area contributed by atoms with Crippen LogP contribution < -0.4 is 10.6 Å². The summed E-state index contributed by atoms with van der Waals surface area (Å²) in [6.45, 7) is 0.224. The number of hydrogen-bond donors (Lipinski definition) is 2. The Balaban J connectivity index is 1.23. The van der Waals surface area contributed by atoms with Crippen LogP contribution in [0, 0.1) is 0 Å². The molecule has 2 aromatic heterocycles. The van der Waals surface area contributed by atoms with E-state index in [1.807, 2.05) is 47.0 Å². The van der Waals surface area contributed by atoms with Crippen molar-refractivity contribution in [3.05, 3.63) is 108 Å². The molecule has 5 aromatic rings. The van der Waals surface area contributed by atoms with E-state index in [0.29, 0.717) is 0 Å². The number of aromatic nitrogens is 2. The van der Waals surface area contributed by atoms with Crippen molar-refractivity contribution in [2.45, 2.75) is 17.6 Å². The third-order valence-corrected chi connectivity index (χ3v) is 7.43. The number of benzene rings is 3. The molecule has 0 unspecified atom stereocenters. The maximum atomic E-state index is 12.7. The number of nitrogens with one attached hydrogen (secondary N) is 2. The van der Waals surface area contributed by atoms with Gasteiger partial charge in [-0.15, -0.1) is 0 Å². The predicted molar refractivity (Wildman–Crippen MR) is 146 cm³/mol. The van der Waals surface area contributed by atoms with E-state index in [1.54, 1.807) is 30.5 Å². The highest BCUT2D eigenvalue weighted by Crippen LogP contribution is 2.30. The van der Waals surface area contributed by atoms with Crippen molar-refractivity contribution in [3.8, 4) is 22.4 Å². The SMILES string of the molecule is CS(=O)(=O)c1ccc(-c2ccn3c(-c4ccc(CNC(=O)Nc5ccc(C(F)(F)F)cc5)cc4)cnc3c2)cc1. The quantitative estimate of drug-likeness (QED) is 0.249. The Labute approximate surface area is 228 Å². The summed E-state index contributed by atoms with van der Waals surface area (Å²) < 4.78 is 63.4. The summed E-state index contributed by atoms with van der Waals surface area (Å²) in [5.74, 6) is 0. The van der Waals surface area contributed by atoms with Crippen molar-refractivity contribution in [3.63, 3.8) is 0 Å². The van der Waals surface area contributed by atoms with Crippen molar-refractivity contribution >= 4 is 27.2 Å². The summed E-state index contributed by atoms with van der Waals surface area (Å²) in [5, 5.41) is 5.20. The Hall–Kier alpha value is -4.64. The smallest absolute Gasteiger partial charge is 0.334 e. The molecule has 3 aromatic carbocycles. The molecule has 2 N–H and O–H groups in total. The maximum absolute atomic E-state index is 12.7. The van der Waals surface area contributed by atoms with Crippen LogP contribution in [-0.4, -0.2) is 30.1 Å². The molecule has 204 valence electrons. The fraction of sp³-hybridized carbons (Fsp3) is 0.103.